The van der Waals surface area contributed by atoms with Gasteiger partial charge in [0.05, 0.1) is 5.57 Å². The van der Waals surface area contributed by atoms with Crippen LogP contribution in [-0.2, 0) is 4.79 Å². The van der Waals surface area contributed by atoms with E-state index in [1.807, 2.05) is 43.3 Å². The molecule has 0 N–H and O–H groups in total. The number of benzene rings is 3. The third-order valence-electron chi connectivity index (χ3n) is 5.67. The number of allylic oxidation sites excluding steroid dienone is 4. The Balaban J connectivity index is 1.80. The zero-order chi connectivity index (χ0) is 23.2. The van der Waals surface area contributed by atoms with Gasteiger partial charge in [-0.2, -0.15) is 0 Å². The first-order valence-corrected chi connectivity index (χ1v) is 11.1. The first-order valence-electron chi connectivity index (χ1n) is 11.1. The maximum atomic E-state index is 12.8. The maximum Gasteiger partial charge on any atom is 0.163 e. The number of ether oxygens (including phenoxy) is 1. The Kier molecular flexibility index (Phi) is 6.80. The topological polar surface area (TPSA) is 38.7 Å². The standard InChI is InChI=1S/C30H27NO2/c1-21-11-13-25(14-12-21)26-17-15-24(16-18-26)22(2)30(33-28-9-5-4-6-10-28)29(23(3)32)27-8-7-19-31-20-27/h4-7,9-20H,8H2,1-3H3/b29-27+,30-22-. The van der Waals surface area contributed by atoms with Crippen LogP contribution in [0.25, 0.3) is 16.7 Å². The largest absolute Gasteiger partial charge is 0.456 e. The molecule has 1 aliphatic rings. The van der Waals surface area contributed by atoms with Crippen LogP contribution in [0.15, 0.2) is 113 Å². The lowest BCUT2D eigenvalue weighted by Crippen LogP contribution is -2.13. The Morgan fingerprint density at radius 2 is 1.48 bits per heavy atom. The molecule has 3 heteroatoms. The van der Waals surface area contributed by atoms with Crippen LogP contribution in [0.2, 0.25) is 0 Å². The molecule has 164 valence electrons. The Labute approximate surface area is 195 Å². The SMILES string of the molecule is CC(=O)C(=C1\C=NC=CC1)/C(Oc1ccccc1)=C(\C)c1ccc(-c2ccc(C)cc2)cc1. The normalized spacial score (nSPS) is 15.1. The van der Waals surface area contributed by atoms with Gasteiger partial charge in [-0.1, -0.05) is 78.4 Å². The molecule has 1 aliphatic heterocycles. The summed E-state index contributed by atoms with van der Waals surface area (Å²) in [6.07, 6.45) is 6.09. The quantitative estimate of drug-likeness (QED) is 0.301. The number of Topliss-reactive ketones (excluding diaryl/α,β-unsaturated/α-hetero) is 1. The average Bonchev–Trinajstić information content (AvgIpc) is 2.85. The van der Waals surface area contributed by atoms with E-state index in [1.165, 1.54) is 11.1 Å². The van der Waals surface area contributed by atoms with Gasteiger partial charge >= 0.3 is 0 Å². The zero-order valence-corrected chi connectivity index (χ0v) is 19.2. The lowest BCUT2D eigenvalue weighted by Gasteiger charge is -2.19. The number of carbonyl (C=O) groups excluding carboxylic acids is 1. The van der Waals surface area contributed by atoms with Gasteiger partial charge in [0.1, 0.15) is 11.5 Å². The molecule has 0 spiro atoms. The fourth-order valence-corrected chi connectivity index (χ4v) is 3.84. The van der Waals surface area contributed by atoms with Gasteiger partial charge in [-0.05, 0) is 67.2 Å². The van der Waals surface area contributed by atoms with Crippen molar-refractivity contribution in [3.8, 4) is 16.9 Å². The molecule has 0 amide bonds. The lowest BCUT2D eigenvalue weighted by molar-refractivity contribution is -0.113. The summed E-state index contributed by atoms with van der Waals surface area (Å²) in [6, 6.07) is 26.4. The molecule has 4 rings (SSSR count). The van der Waals surface area contributed by atoms with Crippen molar-refractivity contribution < 1.29 is 9.53 Å². The van der Waals surface area contributed by atoms with Crippen LogP contribution in [0.3, 0.4) is 0 Å². The molecule has 0 fully saturated rings. The molecule has 3 aromatic rings. The summed E-state index contributed by atoms with van der Waals surface area (Å²) in [5.41, 5.74) is 6.87. The molecule has 0 atom stereocenters. The fraction of sp³-hybridized carbons (Fsp3) is 0.133. The fourth-order valence-electron chi connectivity index (χ4n) is 3.84. The lowest BCUT2D eigenvalue weighted by atomic mass is 9.94. The van der Waals surface area contributed by atoms with E-state index >= 15 is 0 Å². The number of aryl methyl sites for hydroxylation is 1. The molecule has 0 radical (unpaired) electrons. The summed E-state index contributed by atoms with van der Waals surface area (Å²) in [5, 5.41) is 0. The van der Waals surface area contributed by atoms with Crippen molar-refractivity contribution in [2.45, 2.75) is 27.2 Å². The molecule has 3 aromatic carbocycles. The second-order valence-electron chi connectivity index (χ2n) is 8.14. The summed E-state index contributed by atoms with van der Waals surface area (Å²) in [4.78, 5) is 17.1. The van der Waals surface area contributed by atoms with Gasteiger partial charge < -0.3 is 4.74 Å². The molecule has 33 heavy (non-hydrogen) atoms. The van der Waals surface area contributed by atoms with Crippen molar-refractivity contribution in [2.75, 3.05) is 0 Å². The number of rotatable bonds is 6. The Bertz CT molecular complexity index is 1260. The van der Waals surface area contributed by atoms with Crippen molar-refractivity contribution in [2.24, 2.45) is 4.99 Å². The minimum Gasteiger partial charge on any atom is -0.456 e. The number of para-hydroxylation sites is 1. The van der Waals surface area contributed by atoms with Crippen LogP contribution in [0.5, 0.6) is 5.75 Å². The second kappa shape index (κ2) is 10.1. The number of ketones is 1. The highest BCUT2D eigenvalue weighted by Gasteiger charge is 2.21. The first-order chi connectivity index (χ1) is 16.0. The number of nitrogens with zero attached hydrogens (tertiary/aromatic N) is 1. The highest BCUT2D eigenvalue weighted by molar-refractivity contribution is 6.05. The smallest absolute Gasteiger partial charge is 0.163 e. The van der Waals surface area contributed by atoms with Gasteiger partial charge in [0.2, 0.25) is 0 Å². The van der Waals surface area contributed by atoms with E-state index in [4.69, 9.17) is 4.74 Å². The zero-order valence-electron chi connectivity index (χ0n) is 19.2. The summed E-state index contributed by atoms with van der Waals surface area (Å²) in [5.74, 6) is 1.20. The predicted octanol–water partition coefficient (Wildman–Crippen LogP) is 7.35. The molecule has 3 nitrogen and oxygen atoms in total. The predicted molar refractivity (Wildman–Crippen MR) is 136 cm³/mol. The minimum atomic E-state index is -0.0479. The van der Waals surface area contributed by atoms with Gasteiger partial charge in [-0.3, -0.25) is 9.79 Å². The van der Waals surface area contributed by atoms with Crippen molar-refractivity contribution in [3.63, 3.8) is 0 Å². The molecule has 0 saturated carbocycles. The van der Waals surface area contributed by atoms with E-state index in [-0.39, 0.29) is 5.78 Å². The maximum absolute atomic E-state index is 12.8. The van der Waals surface area contributed by atoms with Crippen LogP contribution in [-0.4, -0.2) is 12.0 Å². The van der Waals surface area contributed by atoms with E-state index in [0.717, 1.165) is 22.3 Å². The van der Waals surface area contributed by atoms with Crippen LogP contribution in [0.4, 0.5) is 0 Å². The molecule has 1 heterocycles. The third kappa shape index (κ3) is 5.27. The number of hydrogen-bond acceptors (Lipinski definition) is 3. The number of carbonyl (C=O) groups is 1. The van der Waals surface area contributed by atoms with E-state index in [1.54, 1.807) is 19.3 Å². The molecule has 0 bridgehead atoms. The molecule has 0 aromatic heterocycles. The van der Waals surface area contributed by atoms with Gasteiger partial charge in [0.15, 0.2) is 5.78 Å². The van der Waals surface area contributed by atoms with Crippen LogP contribution >= 0.6 is 0 Å². The van der Waals surface area contributed by atoms with Crippen LogP contribution in [0, 0.1) is 6.92 Å². The van der Waals surface area contributed by atoms with E-state index < -0.39 is 0 Å². The van der Waals surface area contributed by atoms with Crippen LogP contribution < -0.4 is 4.74 Å². The summed E-state index contributed by atoms with van der Waals surface area (Å²) >= 11 is 0. The van der Waals surface area contributed by atoms with Crippen molar-refractivity contribution in [1.82, 2.24) is 0 Å². The van der Waals surface area contributed by atoms with Crippen molar-refractivity contribution >= 4 is 17.6 Å². The highest BCUT2D eigenvalue weighted by atomic mass is 16.5. The summed E-state index contributed by atoms with van der Waals surface area (Å²) in [6.45, 7) is 5.66. The van der Waals surface area contributed by atoms with Gasteiger partial charge in [-0.25, -0.2) is 0 Å². The molecular formula is C30H27NO2. The highest BCUT2D eigenvalue weighted by Crippen LogP contribution is 2.31. The summed E-state index contributed by atoms with van der Waals surface area (Å²) < 4.78 is 6.35. The number of aliphatic imine (C=N–C) groups is 1. The van der Waals surface area contributed by atoms with E-state index in [0.29, 0.717) is 23.5 Å². The molecule has 0 saturated heterocycles. The Morgan fingerprint density at radius 3 is 2.06 bits per heavy atom. The summed E-state index contributed by atoms with van der Waals surface area (Å²) in [7, 11) is 0. The van der Waals surface area contributed by atoms with Gasteiger partial charge in [-0.15, -0.1) is 0 Å². The Morgan fingerprint density at radius 1 is 0.848 bits per heavy atom. The van der Waals surface area contributed by atoms with Crippen molar-refractivity contribution in [1.29, 1.82) is 0 Å². The second-order valence-corrected chi connectivity index (χ2v) is 8.14. The average molecular weight is 434 g/mol. The minimum absolute atomic E-state index is 0.0479. The third-order valence-corrected chi connectivity index (χ3v) is 5.67. The van der Waals surface area contributed by atoms with Crippen LogP contribution in [0.1, 0.15) is 31.4 Å². The number of hydrogen-bond donors (Lipinski definition) is 0. The van der Waals surface area contributed by atoms with E-state index in [9.17, 15) is 4.79 Å². The van der Waals surface area contributed by atoms with Crippen molar-refractivity contribution in [3.05, 3.63) is 119 Å². The molecular weight excluding hydrogens is 406 g/mol. The van der Waals surface area contributed by atoms with Gasteiger partial charge in [0.25, 0.3) is 0 Å². The molecule has 0 unspecified atom stereocenters. The van der Waals surface area contributed by atoms with Gasteiger partial charge in [0, 0.05) is 12.4 Å². The van der Waals surface area contributed by atoms with E-state index in [2.05, 4.69) is 60.4 Å². The Hall–Kier alpha value is -3.98. The molecule has 0 aliphatic carbocycles. The first kappa shape index (κ1) is 22.2. The monoisotopic (exact) mass is 433 g/mol.